The van der Waals surface area contributed by atoms with Crippen molar-refractivity contribution in [3.63, 3.8) is 0 Å². The highest BCUT2D eigenvalue weighted by molar-refractivity contribution is 5.92. The second-order valence-electron chi connectivity index (χ2n) is 5.18. The smallest absolute Gasteiger partial charge is 0.221 e. The Kier molecular flexibility index (Phi) is 3.63. The summed E-state index contributed by atoms with van der Waals surface area (Å²) in [5.41, 5.74) is 2.11. The molecular weight excluding hydrogens is 286 g/mol. The molecule has 0 bridgehead atoms. The molecule has 2 aromatic carbocycles. The molecule has 1 heterocycles. The number of nitrogens with one attached hydrogen (secondary N) is 1. The van der Waals surface area contributed by atoms with E-state index in [0.29, 0.717) is 17.8 Å². The van der Waals surface area contributed by atoms with Gasteiger partial charge in [-0.3, -0.25) is 4.79 Å². The molecule has 0 saturated carbocycles. The maximum Gasteiger partial charge on any atom is 0.221 e. The van der Waals surface area contributed by atoms with E-state index < -0.39 is 11.6 Å². The molecule has 0 aliphatic rings. The number of carbonyl (C=O) groups excluding carboxylic acids is 1. The van der Waals surface area contributed by atoms with E-state index in [1.165, 1.54) is 19.1 Å². The highest BCUT2D eigenvalue weighted by atomic mass is 19.1. The van der Waals surface area contributed by atoms with E-state index >= 15 is 0 Å². The zero-order chi connectivity index (χ0) is 15.7. The molecule has 0 spiro atoms. The van der Waals surface area contributed by atoms with E-state index in [2.05, 4.69) is 5.32 Å². The third-order valence-corrected chi connectivity index (χ3v) is 3.37. The number of halogens is 2. The van der Waals surface area contributed by atoms with Crippen LogP contribution in [0.4, 0.5) is 14.5 Å². The largest absolute Gasteiger partial charge is 0.343 e. The van der Waals surface area contributed by atoms with Crippen LogP contribution in [0.2, 0.25) is 0 Å². The Morgan fingerprint density at radius 1 is 1.09 bits per heavy atom. The summed E-state index contributed by atoms with van der Waals surface area (Å²) in [5, 5.41) is 3.72. The summed E-state index contributed by atoms with van der Waals surface area (Å²) in [6.45, 7) is 1.79. The number of fused-ring (bicyclic) bond motifs is 1. The van der Waals surface area contributed by atoms with Gasteiger partial charge >= 0.3 is 0 Å². The predicted molar refractivity (Wildman–Crippen MR) is 81.7 cm³/mol. The molecule has 0 fully saturated rings. The molecule has 1 aromatic heterocycles. The molecule has 0 aliphatic heterocycles. The number of nitrogens with zero attached hydrogens (tertiary/aromatic N) is 1. The Balaban J connectivity index is 1.97. The van der Waals surface area contributed by atoms with E-state index in [9.17, 15) is 13.6 Å². The molecule has 3 rings (SSSR count). The van der Waals surface area contributed by atoms with Crippen LogP contribution in [0.5, 0.6) is 0 Å². The van der Waals surface area contributed by atoms with Crippen molar-refractivity contribution in [1.82, 2.24) is 4.57 Å². The predicted octanol–water partition coefficient (Wildman–Crippen LogP) is 3.93. The van der Waals surface area contributed by atoms with Gasteiger partial charge in [-0.05, 0) is 41.3 Å². The highest BCUT2D eigenvalue weighted by Gasteiger charge is 2.06. The number of hydrogen-bond donors (Lipinski definition) is 1. The molecule has 5 heteroatoms. The van der Waals surface area contributed by atoms with Crippen molar-refractivity contribution in [2.45, 2.75) is 13.5 Å². The van der Waals surface area contributed by atoms with Gasteiger partial charge in [-0.2, -0.15) is 0 Å². The first-order valence-electron chi connectivity index (χ1n) is 6.83. The van der Waals surface area contributed by atoms with E-state index in [-0.39, 0.29) is 5.91 Å². The summed E-state index contributed by atoms with van der Waals surface area (Å²) in [5.74, 6) is -1.33. The van der Waals surface area contributed by atoms with E-state index in [1.807, 2.05) is 35.0 Å². The van der Waals surface area contributed by atoms with Crippen molar-refractivity contribution >= 4 is 22.5 Å². The molecule has 1 N–H and O–H groups in total. The quantitative estimate of drug-likeness (QED) is 0.781. The fourth-order valence-corrected chi connectivity index (χ4v) is 2.50. The monoisotopic (exact) mass is 300 g/mol. The Hall–Kier alpha value is -2.69. The minimum atomic E-state index is -0.592. The van der Waals surface area contributed by atoms with Gasteiger partial charge in [0.05, 0.1) is 5.52 Å². The van der Waals surface area contributed by atoms with Crippen LogP contribution in [0.25, 0.3) is 10.9 Å². The van der Waals surface area contributed by atoms with Crippen LogP contribution >= 0.6 is 0 Å². The third kappa shape index (κ3) is 2.98. The van der Waals surface area contributed by atoms with Gasteiger partial charge in [0.1, 0.15) is 11.6 Å². The summed E-state index contributed by atoms with van der Waals surface area (Å²) < 4.78 is 28.4. The van der Waals surface area contributed by atoms with Gasteiger partial charge in [0, 0.05) is 31.4 Å². The van der Waals surface area contributed by atoms with E-state index in [4.69, 9.17) is 0 Å². The van der Waals surface area contributed by atoms with E-state index in [1.54, 1.807) is 0 Å². The Morgan fingerprint density at radius 3 is 2.50 bits per heavy atom. The van der Waals surface area contributed by atoms with Gasteiger partial charge in [-0.1, -0.05) is 6.07 Å². The maximum absolute atomic E-state index is 13.3. The Morgan fingerprint density at radius 2 is 1.82 bits per heavy atom. The lowest BCUT2D eigenvalue weighted by Crippen LogP contribution is -2.06. The lowest BCUT2D eigenvalue weighted by molar-refractivity contribution is -0.114. The first-order chi connectivity index (χ1) is 10.5. The minimum Gasteiger partial charge on any atom is -0.343 e. The molecule has 112 valence electrons. The number of benzene rings is 2. The SMILES string of the molecule is CC(=O)Nc1ccc2ccn(Cc3cc(F)cc(F)c3)c2c1. The molecule has 3 aromatic rings. The Bertz CT molecular complexity index is 835. The standard InChI is InChI=1S/C17H14F2N2O/c1-11(22)20-16-3-2-13-4-5-21(17(13)9-16)10-12-6-14(18)8-15(19)7-12/h2-9H,10H2,1H3,(H,20,22). The summed E-state index contributed by atoms with van der Waals surface area (Å²) in [6.07, 6.45) is 1.85. The number of aromatic nitrogens is 1. The molecular formula is C17H14F2N2O. The molecule has 0 aliphatic carbocycles. The van der Waals surface area contributed by atoms with Crippen LogP contribution in [0.3, 0.4) is 0 Å². The molecule has 0 atom stereocenters. The fraction of sp³-hybridized carbons (Fsp3) is 0.118. The van der Waals surface area contributed by atoms with Gasteiger partial charge in [0.2, 0.25) is 5.91 Å². The van der Waals surface area contributed by atoms with Crippen molar-refractivity contribution in [3.8, 4) is 0 Å². The highest BCUT2D eigenvalue weighted by Crippen LogP contribution is 2.22. The maximum atomic E-state index is 13.3. The summed E-state index contributed by atoms with van der Waals surface area (Å²) in [7, 11) is 0. The van der Waals surface area contributed by atoms with Gasteiger partial charge in [0.15, 0.2) is 0 Å². The van der Waals surface area contributed by atoms with E-state index in [0.717, 1.165) is 17.0 Å². The average molecular weight is 300 g/mol. The topological polar surface area (TPSA) is 34.0 Å². The van der Waals surface area contributed by atoms with Crippen LogP contribution < -0.4 is 5.32 Å². The van der Waals surface area contributed by atoms with Crippen molar-refractivity contribution < 1.29 is 13.6 Å². The zero-order valence-electron chi connectivity index (χ0n) is 11.9. The third-order valence-electron chi connectivity index (χ3n) is 3.37. The summed E-state index contributed by atoms with van der Waals surface area (Å²) >= 11 is 0. The van der Waals surface area contributed by atoms with Crippen molar-refractivity contribution in [3.05, 3.63) is 65.9 Å². The van der Waals surface area contributed by atoms with Crippen LogP contribution in [-0.4, -0.2) is 10.5 Å². The number of rotatable bonds is 3. The zero-order valence-corrected chi connectivity index (χ0v) is 11.9. The number of amides is 1. The second-order valence-corrected chi connectivity index (χ2v) is 5.18. The summed E-state index contributed by atoms with van der Waals surface area (Å²) in [6, 6.07) is 10.9. The van der Waals surface area contributed by atoms with Crippen LogP contribution in [-0.2, 0) is 11.3 Å². The van der Waals surface area contributed by atoms with Gasteiger partial charge in [-0.15, -0.1) is 0 Å². The lowest BCUT2D eigenvalue weighted by Gasteiger charge is -2.08. The van der Waals surface area contributed by atoms with Crippen molar-refractivity contribution in [2.75, 3.05) is 5.32 Å². The normalized spacial score (nSPS) is 10.9. The molecule has 3 nitrogen and oxygen atoms in total. The van der Waals surface area contributed by atoms with Crippen LogP contribution in [0, 0.1) is 11.6 Å². The fourth-order valence-electron chi connectivity index (χ4n) is 2.50. The number of hydrogen-bond acceptors (Lipinski definition) is 1. The molecule has 22 heavy (non-hydrogen) atoms. The molecule has 0 unspecified atom stereocenters. The molecule has 0 radical (unpaired) electrons. The number of anilines is 1. The van der Waals surface area contributed by atoms with Crippen molar-refractivity contribution in [1.29, 1.82) is 0 Å². The first kappa shape index (κ1) is 14.3. The van der Waals surface area contributed by atoms with Crippen molar-refractivity contribution in [2.24, 2.45) is 0 Å². The number of carbonyl (C=O) groups is 1. The second kappa shape index (κ2) is 5.60. The van der Waals surface area contributed by atoms with Gasteiger partial charge in [-0.25, -0.2) is 8.78 Å². The lowest BCUT2D eigenvalue weighted by atomic mass is 10.2. The average Bonchev–Trinajstić information content (AvgIpc) is 2.79. The molecule has 1 amide bonds. The van der Waals surface area contributed by atoms with Gasteiger partial charge in [0.25, 0.3) is 0 Å². The minimum absolute atomic E-state index is 0.148. The summed E-state index contributed by atoms with van der Waals surface area (Å²) in [4.78, 5) is 11.1. The van der Waals surface area contributed by atoms with Gasteiger partial charge < -0.3 is 9.88 Å². The molecule has 0 saturated heterocycles. The first-order valence-corrected chi connectivity index (χ1v) is 6.83. The van der Waals surface area contributed by atoms with Crippen LogP contribution in [0.15, 0.2) is 48.7 Å². The Labute approximate surface area is 126 Å². The van der Waals surface area contributed by atoms with Crippen LogP contribution in [0.1, 0.15) is 12.5 Å².